The summed E-state index contributed by atoms with van der Waals surface area (Å²) in [4.78, 5) is 0. The molecule has 2 nitrogen and oxygen atoms in total. The van der Waals surface area contributed by atoms with Gasteiger partial charge in [0, 0.05) is 5.69 Å². The first-order valence-corrected chi connectivity index (χ1v) is 8.79. The van der Waals surface area contributed by atoms with E-state index in [-0.39, 0.29) is 6.04 Å². The van der Waals surface area contributed by atoms with E-state index in [1.54, 1.807) is 0 Å². The molecule has 3 aromatic carbocycles. The van der Waals surface area contributed by atoms with Crippen LogP contribution in [-0.2, 0) is 0 Å². The zero-order chi connectivity index (χ0) is 17.6. The molecule has 0 bridgehead atoms. The minimum atomic E-state index is 0.00668. The van der Waals surface area contributed by atoms with Gasteiger partial charge < -0.3 is 10.6 Å². The van der Waals surface area contributed by atoms with Crippen LogP contribution < -0.4 is 10.6 Å². The first-order chi connectivity index (χ1) is 12.1. The second kappa shape index (κ2) is 7.95. The standard InChI is InChI=1S/C22H22N2S/c1-16-9-8-13-19(15-16)23-22(25)24-21(18-11-4-3-5-12-18)20-14-7-6-10-17(20)2/h3-15,21H,1-2H3,(H2,23,24,25)/t21-/m0/s1. The third-order valence-corrected chi connectivity index (χ3v) is 4.40. The van der Waals surface area contributed by atoms with E-state index >= 15 is 0 Å². The van der Waals surface area contributed by atoms with Crippen LogP contribution in [-0.4, -0.2) is 5.11 Å². The van der Waals surface area contributed by atoms with Crippen LogP contribution in [0, 0.1) is 13.8 Å². The molecule has 0 fully saturated rings. The van der Waals surface area contributed by atoms with Crippen molar-refractivity contribution < 1.29 is 0 Å². The number of thiocarbonyl (C=S) groups is 1. The molecule has 3 aromatic rings. The van der Waals surface area contributed by atoms with Crippen molar-refractivity contribution in [2.45, 2.75) is 19.9 Å². The van der Waals surface area contributed by atoms with Gasteiger partial charge in [0.05, 0.1) is 6.04 Å². The van der Waals surface area contributed by atoms with Gasteiger partial charge in [-0.15, -0.1) is 0 Å². The summed E-state index contributed by atoms with van der Waals surface area (Å²) in [5.41, 5.74) is 5.84. The van der Waals surface area contributed by atoms with Crippen LogP contribution in [0.25, 0.3) is 0 Å². The molecule has 0 saturated heterocycles. The monoisotopic (exact) mass is 346 g/mol. The Kier molecular flexibility index (Phi) is 5.46. The molecule has 0 aliphatic carbocycles. The van der Waals surface area contributed by atoms with Gasteiger partial charge >= 0.3 is 0 Å². The number of rotatable bonds is 4. The zero-order valence-corrected chi connectivity index (χ0v) is 15.3. The van der Waals surface area contributed by atoms with E-state index in [2.05, 4.69) is 85.1 Å². The third-order valence-electron chi connectivity index (χ3n) is 4.18. The van der Waals surface area contributed by atoms with Gasteiger partial charge in [0.1, 0.15) is 0 Å². The Morgan fingerprint density at radius 1 is 0.840 bits per heavy atom. The summed E-state index contributed by atoms with van der Waals surface area (Å²) in [5.74, 6) is 0. The van der Waals surface area contributed by atoms with Crippen LogP contribution in [0.5, 0.6) is 0 Å². The quantitative estimate of drug-likeness (QED) is 0.620. The van der Waals surface area contributed by atoms with Crippen LogP contribution >= 0.6 is 12.2 Å². The summed E-state index contributed by atoms with van der Waals surface area (Å²) in [6.45, 7) is 4.20. The SMILES string of the molecule is Cc1cccc(NC(=S)N[C@@H](c2ccccc2)c2ccccc2C)c1. The molecule has 0 spiro atoms. The van der Waals surface area contributed by atoms with Crippen molar-refractivity contribution in [3.05, 3.63) is 101 Å². The molecule has 0 radical (unpaired) electrons. The third kappa shape index (κ3) is 4.46. The van der Waals surface area contributed by atoms with Crippen molar-refractivity contribution in [1.29, 1.82) is 0 Å². The topological polar surface area (TPSA) is 24.1 Å². The van der Waals surface area contributed by atoms with E-state index in [4.69, 9.17) is 12.2 Å². The zero-order valence-electron chi connectivity index (χ0n) is 14.5. The van der Waals surface area contributed by atoms with E-state index in [9.17, 15) is 0 Å². The van der Waals surface area contributed by atoms with Gasteiger partial charge in [-0.25, -0.2) is 0 Å². The van der Waals surface area contributed by atoms with Crippen molar-refractivity contribution in [1.82, 2.24) is 5.32 Å². The molecular weight excluding hydrogens is 324 g/mol. The molecule has 0 heterocycles. The van der Waals surface area contributed by atoms with Gasteiger partial charge in [0.2, 0.25) is 0 Å². The van der Waals surface area contributed by atoms with Crippen LogP contribution in [0.1, 0.15) is 28.3 Å². The lowest BCUT2D eigenvalue weighted by Crippen LogP contribution is -2.33. The highest BCUT2D eigenvalue weighted by Crippen LogP contribution is 2.25. The van der Waals surface area contributed by atoms with Gasteiger partial charge in [0.25, 0.3) is 0 Å². The van der Waals surface area contributed by atoms with E-state index in [1.807, 2.05) is 18.2 Å². The lowest BCUT2D eigenvalue weighted by molar-refractivity contribution is 0.762. The fourth-order valence-corrected chi connectivity index (χ4v) is 3.15. The molecule has 0 amide bonds. The van der Waals surface area contributed by atoms with Crippen molar-refractivity contribution in [3.63, 3.8) is 0 Å². The Labute approximate surface area is 154 Å². The molecule has 3 rings (SSSR count). The van der Waals surface area contributed by atoms with Crippen LogP contribution in [0.15, 0.2) is 78.9 Å². The average Bonchev–Trinajstić information content (AvgIpc) is 2.61. The van der Waals surface area contributed by atoms with Crippen LogP contribution in [0.3, 0.4) is 0 Å². The minimum absolute atomic E-state index is 0.00668. The molecule has 0 aromatic heterocycles. The van der Waals surface area contributed by atoms with Gasteiger partial charge in [-0.05, 0) is 60.5 Å². The number of benzene rings is 3. The largest absolute Gasteiger partial charge is 0.352 e. The lowest BCUT2D eigenvalue weighted by Gasteiger charge is -2.23. The van der Waals surface area contributed by atoms with Crippen LogP contribution in [0.2, 0.25) is 0 Å². The molecule has 2 N–H and O–H groups in total. The second-order valence-electron chi connectivity index (χ2n) is 6.17. The molecule has 126 valence electrons. The predicted molar refractivity (Wildman–Crippen MR) is 110 cm³/mol. The number of hydrogen-bond donors (Lipinski definition) is 2. The number of anilines is 1. The Bertz CT molecular complexity index is 859. The maximum Gasteiger partial charge on any atom is 0.171 e. The Morgan fingerprint density at radius 3 is 2.28 bits per heavy atom. The van der Waals surface area contributed by atoms with Gasteiger partial charge in [-0.1, -0.05) is 66.7 Å². The predicted octanol–water partition coefficient (Wildman–Crippen LogP) is 5.38. The van der Waals surface area contributed by atoms with E-state index in [0.717, 1.165) is 5.69 Å². The molecule has 0 unspecified atom stereocenters. The smallest absolute Gasteiger partial charge is 0.171 e. The van der Waals surface area contributed by atoms with Gasteiger partial charge in [-0.3, -0.25) is 0 Å². The highest BCUT2D eigenvalue weighted by atomic mass is 32.1. The fraction of sp³-hybridized carbons (Fsp3) is 0.136. The number of aryl methyl sites for hydroxylation is 2. The molecule has 0 aliphatic rings. The molecule has 1 atom stereocenters. The molecule has 0 aliphatic heterocycles. The summed E-state index contributed by atoms with van der Waals surface area (Å²) in [5, 5.41) is 7.38. The Morgan fingerprint density at radius 2 is 1.56 bits per heavy atom. The van der Waals surface area contributed by atoms with Crippen molar-refractivity contribution >= 4 is 23.0 Å². The van der Waals surface area contributed by atoms with E-state index in [1.165, 1.54) is 22.3 Å². The normalized spacial score (nSPS) is 11.6. The highest BCUT2D eigenvalue weighted by Gasteiger charge is 2.16. The molecule has 3 heteroatoms. The van der Waals surface area contributed by atoms with Crippen molar-refractivity contribution in [2.24, 2.45) is 0 Å². The van der Waals surface area contributed by atoms with Gasteiger partial charge in [-0.2, -0.15) is 0 Å². The highest BCUT2D eigenvalue weighted by molar-refractivity contribution is 7.80. The fourth-order valence-electron chi connectivity index (χ4n) is 2.92. The summed E-state index contributed by atoms with van der Waals surface area (Å²) in [7, 11) is 0. The maximum atomic E-state index is 5.58. The van der Waals surface area contributed by atoms with E-state index < -0.39 is 0 Å². The summed E-state index contributed by atoms with van der Waals surface area (Å²) in [6.07, 6.45) is 0. The summed E-state index contributed by atoms with van der Waals surface area (Å²) in [6, 6.07) is 27.0. The molecule has 0 saturated carbocycles. The summed E-state index contributed by atoms with van der Waals surface area (Å²) < 4.78 is 0. The Hall–Kier alpha value is -2.65. The minimum Gasteiger partial charge on any atom is -0.352 e. The summed E-state index contributed by atoms with van der Waals surface area (Å²) >= 11 is 5.58. The second-order valence-corrected chi connectivity index (χ2v) is 6.58. The first kappa shape index (κ1) is 17.2. The first-order valence-electron chi connectivity index (χ1n) is 8.38. The maximum absolute atomic E-state index is 5.58. The van der Waals surface area contributed by atoms with Gasteiger partial charge in [0.15, 0.2) is 5.11 Å². The van der Waals surface area contributed by atoms with E-state index in [0.29, 0.717) is 5.11 Å². The molecule has 25 heavy (non-hydrogen) atoms. The lowest BCUT2D eigenvalue weighted by atomic mass is 9.95. The number of hydrogen-bond acceptors (Lipinski definition) is 1. The Balaban J connectivity index is 1.85. The molecular formula is C22H22N2S. The van der Waals surface area contributed by atoms with Crippen molar-refractivity contribution in [3.8, 4) is 0 Å². The van der Waals surface area contributed by atoms with Crippen LogP contribution in [0.4, 0.5) is 5.69 Å². The average molecular weight is 346 g/mol. The van der Waals surface area contributed by atoms with Crippen molar-refractivity contribution in [2.75, 3.05) is 5.32 Å². The number of nitrogens with one attached hydrogen (secondary N) is 2.